The van der Waals surface area contributed by atoms with Crippen LogP contribution in [0.3, 0.4) is 0 Å². The number of hydrogen-bond donors (Lipinski definition) is 2. The molecule has 3 N–H and O–H groups in total. The monoisotopic (exact) mass is 321 g/mol. The van der Waals surface area contributed by atoms with Crippen molar-refractivity contribution in [1.82, 2.24) is 10.2 Å². The molecule has 120 valence electrons. The number of nitrogens with one attached hydrogen (secondary N) is 1. The number of hydrogen-bond acceptors (Lipinski definition) is 4. The molecular weight excluding hydrogens is 298 g/mol. The minimum Gasteiger partial charge on any atom is -0.370 e. The number of benzene rings is 1. The Morgan fingerprint density at radius 1 is 1.32 bits per heavy atom. The highest BCUT2D eigenvalue weighted by molar-refractivity contribution is 7.99. The zero-order valence-corrected chi connectivity index (χ0v) is 13.5. The molecule has 0 saturated carbocycles. The minimum atomic E-state index is -0.378. The van der Waals surface area contributed by atoms with Crippen molar-refractivity contribution >= 4 is 23.6 Å². The lowest BCUT2D eigenvalue weighted by molar-refractivity contribution is -0.132. The lowest BCUT2D eigenvalue weighted by Crippen LogP contribution is -2.43. The maximum absolute atomic E-state index is 12.6. The van der Waals surface area contributed by atoms with E-state index in [0.29, 0.717) is 19.5 Å². The molecule has 0 spiro atoms. The molecule has 1 aromatic rings. The molecule has 1 aliphatic rings. The first-order chi connectivity index (χ1) is 10.6. The first kappa shape index (κ1) is 16.8. The van der Waals surface area contributed by atoms with Crippen LogP contribution in [-0.2, 0) is 16.1 Å². The van der Waals surface area contributed by atoms with Gasteiger partial charge in [-0.1, -0.05) is 30.3 Å². The first-order valence-electron chi connectivity index (χ1n) is 7.56. The van der Waals surface area contributed by atoms with Gasteiger partial charge in [-0.2, -0.15) is 11.8 Å². The van der Waals surface area contributed by atoms with Crippen molar-refractivity contribution in [2.45, 2.75) is 25.4 Å². The molecule has 1 unspecified atom stereocenters. The molecule has 2 rings (SSSR count). The van der Waals surface area contributed by atoms with Gasteiger partial charge in [-0.15, -0.1) is 0 Å². The third-order valence-electron chi connectivity index (χ3n) is 3.62. The van der Waals surface area contributed by atoms with Gasteiger partial charge in [0.2, 0.25) is 11.8 Å². The summed E-state index contributed by atoms with van der Waals surface area (Å²) in [5.41, 5.74) is 6.29. The van der Waals surface area contributed by atoms with E-state index >= 15 is 0 Å². The summed E-state index contributed by atoms with van der Waals surface area (Å²) in [6, 6.07) is 10.0. The molecule has 0 aliphatic carbocycles. The van der Waals surface area contributed by atoms with E-state index in [4.69, 9.17) is 5.73 Å². The van der Waals surface area contributed by atoms with Crippen LogP contribution in [-0.4, -0.2) is 47.4 Å². The molecular formula is C16H23N3O2S. The molecule has 0 radical (unpaired) electrons. The molecule has 2 amide bonds. The predicted molar refractivity (Wildman–Crippen MR) is 89.4 cm³/mol. The van der Waals surface area contributed by atoms with Gasteiger partial charge in [0.15, 0.2) is 0 Å². The Balaban J connectivity index is 1.95. The summed E-state index contributed by atoms with van der Waals surface area (Å²) in [6.07, 6.45) is 0.671. The van der Waals surface area contributed by atoms with Gasteiger partial charge in [0.1, 0.15) is 0 Å². The Kier molecular flexibility index (Phi) is 6.74. The summed E-state index contributed by atoms with van der Waals surface area (Å²) in [5.74, 6) is 1.75. The van der Waals surface area contributed by atoms with Gasteiger partial charge in [-0.25, -0.2) is 0 Å². The van der Waals surface area contributed by atoms with Crippen LogP contribution >= 0.6 is 11.8 Å². The number of primary amides is 1. The van der Waals surface area contributed by atoms with Gasteiger partial charge in [-0.05, 0) is 5.56 Å². The van der Waals surface area contributed by atoms with Gasteiger partial charge in [0.05, 0.1) is 0 Å². The zero-order valence-electron chi connectivity index (χ0n) is 12.7. The number of carbonyl (C=O) groups excluding carboxylic acids is 2. The van der Waals surface area contributed by atoms with Crippen molar-refractivity contribution in [3.63, 3.8) is 0 Å². The molecule has 1 aliphatic heterocycles. The van der Waals surface area contributed by atoms with Crippen LogP contribution < -0.4 is 11.1 Å². The standard InChI is InChI=1S/C16H23N3O2S/c17-15(20)6-8-19(11-13-4-2-1-3-5-13)16(21)10-14-12-22-9-7-18-14/h1-5,14,18H,6-12H2,(H2,17,20). The average Bonchev–Trinajstić information content (AvgIpc) is 2.53. The zero-order chi connectivity index (χ0) is 15.8. The van der Waals surface area contributed by atoms with E-state index < -0.39 is 0 Å². The third-order valence-corrected chi connectivity index (χ3v) is 4.75. The second kappa shape index (κ2) is 8.80. The maximum atomic E-state index is 12.6. The molecule has 0 bridgehead atoms. The van der Waals surface area contributed by atoms with E-state index in [1.807, 2.05) is 42.1 Å². The summed E-state index contributed by atoms with van der Waals surface area (Å²) < 4.78 is 0. The van der Waals surface area contributed by atoms with Crippen LogP contribution in [0.25, 0.3) is 0 Å². The molecule has 1 fully saturated rings. The van der Waals surface area contributed by atoms with Gasteiger partial charge in [-0.3, -0.25) is 9.59 Å². The van der Waals surface area contributed by atoms with Gasteiger partial charge < -0.3 is 16.0 Å². The number of nitrogens with two attached hydrogens (primary N) is 1. The average molecular weight is 321 g/mol. The molecule has 22 heavy (non-hydrogen) atoms. The SMILES string of the molecule is NC(=O)CCN(Cc1ccccc1)C(=O)CC1CSCCN1. The summed E-state index contributed by atoms with van der Waals surface area (Å²) in [7, 11) is 0. The Morgan fingerprint density at radius 2 is 2.09 bits per heavy atom. The normalized spacial score (nSPS) is 17.9. The van der Waals surface area contributed by atoms with Gasteiger partial charge in [0.25, 0.3) is 0 Å². The van der Waals surface area contributed by atoms with Crippen LogP contribution in [0.15, 0.2) is 30.3 Å². The van der Waals surface area contributed by atoms with Gasteiger partial charge >= 0.3 is 0 Å². The Bertz CT molecular complexity index is 489. The van der Waals surface area contributed by atoms with Crippen molar-refractivity contribution in [3.8, 4) is 0 Å². The van der Waals surface area contributed by atoms with Crippen LogP contribution in [0.4, 0.5) is 0 Å². The van der Waals surface area contributed by atoms with Crippen molar-refractivity contribution in [1.29, 1.82) is 0 Å². The van der Waals surface area contributed by atoms with E-state index in [1.165, 1.54) is 0 Å². The smallest absolute Gasteiger partial charge is 0.224 e. The molecule has 5 nitrogen and oxygen atoms in total. The van der Waals surface area contributed by atoms with Crippen LogP contribution in [0.1, 0.15) is 18.4 Å². The highest BCUT2D eigenvalue weighted by Gasteiger charge is 2.21. The van der Waals surface area contributed by atoms with Crippen molar-refractivity contribution in [2.24, 2.45) is 5.73 Å². The quantitative estimate of drug-likeness (QED) is 0.785. The largest absolute Gasteiger partial charge is 0.370 e. The summed E-state index contributed by atoms with van der Waals surface area (Å²) in [4.78, 5) is 25.3. The first-order valence-corrected chi connectivity index (χ1v) is 8.72. The molecule has 0 aromatic heterocycles. The number of carbonyl (C=O) groups is 2. The van der Waals surface area contributed by atoms with E-state index in [0.717, 1.165) is 23.6 Å². The summed E-state index contributed by atoms with van der Waals surface area (Å²) in [6.45, 7) is 1.85. The minimum absolute atomic E-state index is 0.0742. The van der Waals surface area contributed by atoms with Crippen molar-refractivity contribution in [2.75, 3.05) is 24.6 Å². The van der Waals surface area contributed by atoms with Gasteiger partial charge in [0, 0.05) is 50.0 Å². The fourth-order valence-corrected chi connectivity index (χ4v) is 3.38. The van der Waals surface area contributed by atoms with E-state index in [1.54, 1.807) is 4.90 Å². The number of rotatable bonds is 7. The lowest BCUT2D eigenvalue weighted by Gasteiger charge is -2.27. The Labute approximate surface area is 135 Å². The molecule has 1 heterocycles. The molecule has 1 saturated heterocycles. The number of thioether (sulfide) groups is 1. The van der Waals surface area contributed by atoms with Crippen molar-refractivity contribution in [3.05, 3.63) is 35.9 Å². The Hall–Kier alpha value is -1.53. The second-order valence-corrected chi connectivity index (χ2v) is 6.60. The Morgan fingerprint density at radius 3 is 2.73 bits per heavy atom. The third kappa shape index (κ3) is 5.69. The van der Waals surface area contributed by atoms with Crippen LogP contribution in [0.5, 0.6) is 0 Å². The fraction of sp³-hybridized carbons (Fsp3) is 0.500. The summed E-state index contributed by atoms with van der Waals surface area (Å²) in [5, 5.41) is 3.37. The van der Waals surface area contributed by atoms with E-state index in [2.05, 4.69) is 5.32 Å². The highest BCUT2D eigenvalue weighted by atomic mass is 32.2. The fourth-order valence-electron chi connectivity index (χ4n) is 2.43. The van der Waals surface area contributed by atoms with Crippen molar-refractivity contribution < 1.29 is 9.59 Å². The topological polar surface area (TPSA) is 75.4 Å². The predicted octanol–water partition coefficient (Wildman–Crippen LogP) is 0.986. The summed E-state index contributed by atoms with van der Waals surface area (Å²) >= 11 is 1.87. The molecule has 1 atom stereocenters. The molecule has 6 heteroatoms. The highest BCUT2D eigenvalue weighted by Crippen LogP contribution is 2.13. The number of amides is 2. The van der Waals surface area contributed by atoms with Crippen LogP contribution in [0, 0.1) is 0 Å². The van der Waals surface area contributed by atoms with E-state index in [-0.39, 0.29) is 24.3 Å². The maximum Gasteiger partial charge on any atom is 0.224 e. The second-order valence-electron chi connectivity index (χ2n) is 5.45. The molecule has 1 aromatic carbocycles. The van der Waals surface area contributed by atoms with Crippen LogP contribution in [0.2, 0.25) is 0 Å². The number of nitrogens with zero attached hydrogens (tertiary/aromatic N) is 1. The lowest BCUT2D eigenvalue weighted by atomic mass is 10.1. The van der Waals surface area contributed by atoms with E-state index in [9.17, 15) is 9.59 Å².